The SMILES string of the molecule is Cc1cc(C)n(-c2nnc(SCC(=O)N3CCCC3)c3ccccc23)n1. The first-order valence-electron chi connectivity index (χ1n) is 8.83. The Hall–Kier alpha value is -2.41. The number of hydrogen-bond donors (Lipinski definition) is 0. The summed E-state index contributed by atoms with van der Waals surface area (Å²) in [5, 5.41) is 16.2. The second-order valence-electron chi connectivity index (χ2n) is 6.59. The maximum absolute atomic E-state index is 12.3. The molecule has 1 aliphatic heterocycles. The van der Waals surface area contributed by atoms with Crippen molar-refractivity contribution in [3.63, 3.8) is 0 Å². The number of likely N-dealkylation sites (tertiary alicyclic amines) is 1. The summed E-state index contributed by atoms with van der Waals surface area (Å²) in [5.74, 6) is 1.31. The number of amides is 1. The third-order valence-electron chi connectivity index (χ3n) is 4.64. The molecule has 1 aromatic carbocycles. The molecule has 6 nitrogen and oxygen atoms in total. The molecule has 0 saturated carbocycles. The van der Waals surface area contributed by atoms with Crippen LogP contribution in [0.15, 0.2) is 35.4 Å². The van der Waals surface area contributed by atoms with Crippen LogP contribution in [0.2, 0.25) is 0 Å². The number of aromatic nitrogens is 4. The summed E-state index contributed by atoms with van der Waals surface area (Å²) in [5.41, 5.74) is 1.97. The lowest BCUT2D eigenvalue weighted by Gasteiger charge is -2.15. The van der Waals surface area contributed by atoms with E-state index in [1.807, 2.05) is 53.8 Å². The van der Waals surface area contributed by atoms with E-state index in [9.17, 15) is 4.79 Å². The van der Waals surface area contributed by atoms with Gasteiger partial charge in [-0.25, -0.2) is 4.68 Å². The lowest BCUT2D eigenvalue weighted by atomic mass is 10.2. The van der Waals surface area contributed by atoms with E-state index in [1.165, 1.54) is 11.8 Å². The molecular formula is C19H21N5OS. The molecule has 0 spiro atoms. The Labute approximate surface area is 156 Å². The third kappa shape index (κ3) is 3.19. The van der Waals surface area contributed by atoms with E-state index < -0.39 is 0 Å². The zero-order chi connectivity index (χ0) is 18.1. The van der Waals surface area contributed by atoms with Crippen LogP contribution in [-0.2, 0) is 4.79 Å². The summed E-state index contributed by atoms with van der Waals surface area (Å²) in [6.45, 7) is 5.73. The summed E-state index contributed by atoms with van der Waals surface area (Å²) >= 11 is 1.46. The van der Waals surface area contributed by atoms with Gasteiger partial charge in [0.2, 0.25) is 5.91 Å². The molecule has 134 valence electrons. The second-order valence-corrected chi connectivity index (χ2v) is 7.55. The van der Waals surface area contributed by atoms with Crippen LogP contribution < -0.4 is 0 Å². The minimum atomic E-state index is 0.181. The zero-order valence-corrected chi connectivity index (χ0v) is 15.8. The van der Waals surface area contributed by atoms with Crippen molar-refractivity contribution in [2.75, 3.05) is 18.8 Å². The molecule has 1 aliphatic rings. The standard InChI is InChI=1S/C19H21N5OS/c1-13-11-14(2)24(22-13)18-15-7-3-4-8-16(15)19(21-20-18)26-12-17(25)23-9-5-6-10-23/h3-4,7-8,11H,5-6,9-10,12H2,1-2H3. The molecule has 1 amide bonds. The zero-order valence-electron chi connectivity index (χ0n) is 15.0. The monoisotopic (exact) mass is 367 g/mol. The summed E-state index contributed by atoms with van der Waals surface area (Å²) in [4.78, 5) is 14.3. The van der Waals surface area contributed by atoms with Crippen LogP contribution in [0.25, 0.3) is 16.6 Å². The van der Waals surface area contributed by atoms with Crippen molar-refractivity contribution < 1.29 is 4.79 Å². The van der Waals surface area contributed by atoms with Gasteiger partial charge < -0.3 is 4.90 Å². The predicted octanol–water partition coefficient (Wildman–Crippen LogP) is 3.15. The molecule has 0 bridgehead atoms. The first-order chi connectivity index (χ1) is 12.6. The van der Waals surface area contributed by atoms with Crippen LogP contribution in [0.4, 0.5) is 0 Å². The average Bonchev–Trinajstić information content (AvgIpc) is 3.29. The molecule has 3 aromatic rings. The molecule has 0 unspecified atom stereocenters. The summed E-state index contributed by atoms with van der Waals surface area (Å²) < 4.78 is 1.83. The number of fused-ring (bicyclic) bond motifs is 1. The third-order valence-corrected chi connectivity index (χ3v) is 5.60. The number of thioether (sulfide) groups is 1. The molecule has 1 saturated heterocycles. The predicted molar refractivity (Wildman–Crippen MR) is 103 cm³/mol. The van der Waals surface area contributed by atoms with Crippen molar-refractivity contribution in [2.45, 2.75) is 31.7 Å². The number of hydrogen-bond acceptors (Lipinski definition) is 5. The number of nitrogens with zero attached hydrogens (tertiary/aromatic N) is 5. The van der Waals surface area contributed by atoms with Gasteiger partial charge in [0.15, 0.2) is 5.82 Å². The lowest BCUT2D eigenvalue weighted by Crippen LogP contribution is -2.29. The quantitative estimate of drug-likeness (QED) is 0.663. The van der Waals surface area contributed by atoms with E-state index >= 15 is 0 Å². The highest BCUT2D eigenvalue weighted by atomic mass is 32.2. The molecule has 2 aromatic heterocycles. The number of carbonyl (C=O) groups excluding carboxylic acids is 1. The molecule has 1 fully saturated rings. The van der Waals surface area contributed by atoms with Crippen molar-refractivity contribution in [3.05, 3.63) is 41.7 Å². The number of carbonyl (C=O) groups is 1. The van der Waals surface area contributed by atoms with Gasteiger partial charge in [0.05, 0.1) is 11.4 Å². The lowest BCUT2D eigenvalue weighted by molar-refractivity contribution is -0.127. The van der Waals surface area contributed by atoms with E-state index in [0.29, 0.717) is 5.75 Å². The van der Waals surface area contributed by atoms with E-state index in [2.05, 4.69) is 15.3 Å². The van der Waals surface area contributed by atoms with Gasteiger partial charge >= 0.3 is 0 Å². The number of benzene rings is 1. The highest BCUT2D eigenvalue weighted by Crippen LogP contribution is 2.29. The van der Waals surface area contributed by atoms with Crippen LogP contribution in [0, 0.1) is 13.8 Å². The summed E-state index contributed by atoms with van der Waals surface area (Å²) in [6.07, 6.45) is 2.22. The Balaban J connectivity index is 1.66. The maximum atomic E-state index is 12.3. The Morgan fingerprint density at radius 2 is 1.85 bits per heavy atom. The van der Waals surface area contributed by atoms with Gasteiger partial charge in [-0.15, -0.1) is 10.2 Å². The van der Waals surface area contributed by atoms with Crippen molar-refractivity contribution in [1.29, 1.82) is 0 Å². The first kappa shape index (κ1) is 17.0. The highest BCUT2D eigenvalue weighted by molar-refractivity contribution is 8.00. The normalized spacial score (nSPS) is 14.3. The van der Waals surface area contributed by atoms with Crippen molar-refractivity contribution in [2.24, 2.45) is 0 Å². The molecule has 4 rings (SSSR count). The maximum Gasteiger partial charge on any atom is 0.232 e. The number of rotatable bonds is 4. The molecular weight excluding hydrogens is 346 g/mol. The Kier molecular flexibility index (Phi) is 4.63. The fraction of sp³-hybridized carbons (Fsp3) is 0.368. The van der Waals surface area contributed by atoms with Crippen molar-refractivity contribution in [1.82, 2.24) is 24.9 Å². The van der Waals surface area contributed by atoms with E-state index in [1.54, 1.807) is 0 Å². The van der Waals surface area contributed by atoms with Gasteiger partial charge in [0, 0.05) is 29.6 Å². The van der Waals surface area contributed by atoms with Gasteiger partial charge in [-0.05, 0) is 32.8 Å². The van der Waals surface area contributed by atoms with Crippen LogP contribution in [-0.4, -0.2) is 49.6 Å². The topological polar surface area (TPSA) is 63.9 Å². The van der Waals surface area contributed by atoms with E-state index in [0.717, 1.165) is 58.9 Å². The second kappa shape index (κ2) is 7.07. The van der Waals surface area contributed by atoms with Crippen LogP contribution in [0.5, 0.6) is 0 Å². The van der Waals surface area contributed by atoms with Gasteiger partial charge in [0.1, 0.15) is 5.03 Å². The van der Waals surface area contributed by atoms with Crippen molar-refractivity contribution in [3.8, 4) is 5.82 Å². The van der Waals surface area contributed by atoms with E-state index in [4.69, 9.17) is 0 Å². The van der Waals surface area contributed by atoms with Gasteiger partial charge in [-0.1, -0.05) is 36.0 Å². The largest absolute Gasteiger partial charge is 0.342 e. The van der Waals surface area contributed by atoms with Crippen molar-refractivity contribution >= 4 is 28.4 Å². The fourth-order valence-corrected chi connectivity index (χ4v) is 4.23. The molecule has 0 aliphatic carbocycles. The molecule has 0 atom stereocenters. The molecule has 7 heteroatoms. The summed E-state index contributed by atoms with van der Waals surface area (Å²) in [7, 11) is 0. The molecule has 0 N–H and O–H groups in total. The minimum absolute atomic E-state index is 0.181. The molecule has 0 radical (unpaired) electrons. The summed E-state index contributed by atoms with van der Waals surface area (Å²) in [6, 6.07) is 10.1. The van der Waals surface area contributed by atoms with Crippen LogP contribution >= 0.6 is 11.8 Å². The minimum Gasteiger partial charge on any atom is -0.342 e. The van der Waals surface area contributed by atoms with Gasteiger partial charge in [0.25, 0.3) is 0 Å². The van der Waals surface area contributed by atoms with E-state index in [-0.39, 0.29) is 5.91 Å². The number of aryl methyl sites for hydroxylation is 2. The van der Waals surface area contributed by atoms with Crippen LogP contribution in [0.3, 0.4) is 0 Å². The van der Waals surface area contributed by atoms with Gasteiger partial charge in [-0.3, -0.25) is 4.79 Å². The molecule has 26 heavy (non-hydrogen) atoms. The first-order valence-corrected chi connectivity index (χ1v) is 9.81. The Morgan fingerprint density at radius 1 is 1.12 bits per heavy atom. The fourth-order valence-electron chi connectivity index (χ4n) is 3.36. The Morgan fingerprint density at radius 3 is 2.54 bits per heavy atom. The van der Waals surface area contributed by atoms with Crippen LogP contribution in [0.1, 0.15) is 24.2 Å². The smallest absolute Gasteiger partial charge is 0.232 e. The highest BCUT2D eigenvalue weighted by Gasteiger charge is 2.19. The Bertz CT molecular complexity index is 962. The van der Waals surface area contributed by atoms with Gasteiger partial charge in [-0.2, -0.15) is 5.10 Å². The average molecular weight is 367 g/mol. The molecule has 3 heterocycles.